The third-order valence-corrected chi connectivity index (χ3v) is 6.04. The van der Waals surface area contributed by atoms with Crippen molar-refractivity contribution in [2.75, 3.05) is 20.5 Å². The standard InChI is InChI=1S/C24H23N4O4/c1-29-21-4-3-16-9-20-18-11-23-22(31-15-32-23)10-17(18)5-7-27(20)12-19(16)24(21)30-8-2-6-28-14-25-13-26-28/h3-4,9-14H,2,5-8,15H2,1H3/q+1. The average molecular weight is 431 g/mol. The maximum absolute atomic E-state index is 6.22. The molecule has 2 aliphatic heterocycles. The molecular formula is C24H23N4O4+. The first-order chi connectivity index (χ1) is 15.8. The van der Waals surface area contributed by atoms with E-state index in [0.29, 0.717) is 6.61 Å². The molecule has 0 atom stereocenters. The van der Waals surface area contributed by atoms with Crippen LogP contribution in [-0.4, -0.2) is 35.3 Å². The second-order valence-electron chi connectivity index (χ2n) is 7.93. The number of benzene rings is 2. The highest BCUT2D eigenvalue weighted by atomic mass is 16.7. The van der Waals surface area contributed by atoms with E-state index in [9.17, 15) is 0 Å². The summed E-state index contributed by atoms with van der Waals surface area (Å²) in [5.74, 6) is 3.15. The lowest BCUT2D eigenvalue weighted by molar-refractivity contribution is -0.686. The van der Waals surface area contributed by atoms with Crippen molar-refractivity contribution in [1.29, 1.82) is 0 Å². The smallest absolute Gasteiger partial charge is 0.231 e. The molecule has 32 heavy (non-hydrogen) atoms. The number of aryl methyl sites for hydroxylation is 3. The summed E-state index contributed by atoms with van der Waals surface area (Å²) in [6.07, 6.45) is 7.19. The molecule has 0 radical (unpaired) electrons. The van der Waals surface area contributed by atoms with Gasteiger partial charge in [0.05, 0.1) is 24.7 Å². The first kappa shape index (κ1) is 18.9. The van der Waals surface area contributed by atoms with Crippen molar-refractivity contribution in [3.8, 4) is 34.3 Å². The van der Waals surface area contributed by atoms with Crippen LogP contribution >= 0.6 is 0 Å². The lowest BCUT2D eigenvalue weighted by Crippen LogP contribution is -2.40. The molecule has 4 heterocycles. The zero-order valence-corrected chi connectivity index (χ0v) is 17.8. The molecule has 162 valence electrons. The Morgan fingerprint density at radius 3 is 2.91 bits per heavy atom. The molecular weight excluding hydrogens is 408 g/mol. The molecule has 0 amide bonds. The van der Waals surface area contributed by atoms with Gasteiger partial charge in [0.1, 0.15) is 12.7 Å². The van der Waals surface area contributed by atoms with Crippen LogP contribution in [0.15, 0.2) is 49.2 Å². The summed E-state index contributed by atoms with van der Waals surface area (Å²) in [4.78, 5) is 3.98. The molecule has 0 saturated heterocycles. The van der Waals surface area contributed by atoms with Gasteiger partial charge in [-0.15, -0.1) is 0 Å². The predicted molar refractivity (Wildman–Crippen MR) is 116 cm³/mol. The number of hydrogen-bond acceptors (Lipinski definition) is 6. The van der Waals surface area contributed by atoms with Crippen LogP contribution < -0.4 is 23.5 Å². The predicted octanol–water partition coefficient (Wildman–Crippen LogP) is 3.15. The summed E-state index contributed by atoms with van der Waals surface area (Å²) >= 11 is 0. The summed E-state index contributed by atoms with van der Waals surface area (Å²) in [6, 6.07) is 10.5. The molecule has 2 aromatic heterocycles. The Morgan fingerprint density at radius 2 is 2.06 bits per heavy atom. The fraction of sp³-hybridized carbons (Fsp3) is 0.292. The van der Waals surface area contributed by atoms with Crippen LogP contribution in [0.25, 0.3) is 22.0 Å². The van der Waals surface area contributed by atoms with Crippen molar-refractivity contribution in [1.82, 2.24) is 14.8 Å². The minimum atomic E-state index is 0.285. The van der Waals surface area contributed by atoms with E-state index in [1.807, 2.05) is 6.07 Å². The zero-order chi connectivity index (χ0) is 21.5. The molecule has 2 aliphatic rings. The highest BCUT2D eigenvalue weighted by molar-refractivity contribution is 5.91. The summed E-state index contributed by atoms with van der Waals surface area (Å²) in [5, 5.41) is 6.28. The van der Waals surface area contributed by atoms with Crippen LogP contribution in [0, 0.1) is 0 Å². The van der Waals surface area contributed by atoms with Gasteiger partial charge in [-0.2, -0.15) is 9.67 Å². The van der Waals surface area contributed by atoms with Gasteiger partial charge >= 0.3 is 0 Å². The molecule has 8 heteroatoms. The Balaban J connectivity index is 1.35. The first-order valence-electron chi connectivity index (χ1n) is 10.7. The van der Waals surface area contributed by atoms with Crippen LogP contribution in [0.5, 0.6) is 23.0 Å². The van der Waals surface area contributed by atoms with Crippen LogP contribution in [0.3, 0.4) is 0 Å². The number of fused-ring (bicyclic) bond motifs is 5. The number of ether oxygens (including phenoxy) is 4. The van der Waals surface area contributed by atoms with Gasteiger partial charge in [-0.05, 0) is 35.2 Å². The van der Waals surface area contributed by atoms with Gasteiger partial charge in [0.15, 0.2) is 35.7 Å². The zero-order valence-electron chi connectivity index (χ0n) is 17.8. The molecule has 0 fully saturated rings. The Hall–Kier alpha value is -3.81. The van der Waals surface area contributed by atoms with Crippen molar-refractivity contribution < 1.29 is 23.5 Å². The van der Waals surface area contributed by atoms with Gasteiger partial charge in [-0.1, -0.05) is 0 Å². The first-order valence-corrected chi connectivity index (χ1v) is 10.7. The molecule has 4 aromatic rings. The summed E-state index contributed by atoms with van der Waals surface area (Å²) < 4.78 is 27.1. The second kappa shape index (κ2) is 7.71. The number of aromatic nitrogens is 4. The van der Waals surface area contributed by atoms with E-state index < -0.39 is 0 Å². The fourth-order valence-electron chi connectivity index (χ4n) is 4.46. The Labute approximate surface area is 184 Å². The topological polar surface area (TPSA) is 71.5 Å². The SMILES string of the molecule is COc1ccc2cc3[n+](cc2c1OCCCn1cncn1)CCc1cc2c(cc1-3)OCO2. The van der Waals surface area contributed by atoms with Crippen molar-refractivity contribution in [3.63, 3.8) is 0 Å². The number of nitrogens with zero attached hydrogens (tertiary/aromatic N) is 4. The molecule has 6 rings (SSSR count). The van der Waals surface area contributed by atoms with Gasteiger partial charge in [-0.3, -0.25) is 4.68 Å². The van der Waals surface area contributed by atoms with Crippen molar-refractivity contribution >= 4 is 10.8 Å². The second-order valence-corrected chi connectivity index (χ2v) is 7.93. The van der Waals surface area contributed by atoms with Crippen molar-refractivity contribution in [2.45, 2.75) is 25.9 Å². The third-order valence-electron chi connectivity index (χ3n) is 6.04. The van der Waals surface area contributed by atoms with Crippen LogP contribution in [0.4, 0.5) is 0 Å². The van der Waals surface area contributed by atoms with Gasteiger partial charge in [0, 0.05) is 25.5 Å². The summed E-state index contributed by atoms with van der Waals surface area (Å²) in [5.41, 5.74) is 3.64. The Morgan fingerprint density at radius 1 is 1.16 bits per heavy atom. The Kier molecular flexibility index (Phi) is 4.56. The molecule has 2 aromatic carbocycles. The van der Waals surface area contributed by atoms with Gasteiger partial charge < -0.3 is 18.9 Å². The lowest BCUT2D eigenvalue weighted by atomic mass is 9.95. The largest absolute Gasteiger partial charge is 0.493 e. The Bertz CT molecular complexity index is 1300. The van der Waals surface area contributed by atoms with Crippen LogP contribution in [0.2, 0.25) is 0 Å². The van der Waals surface area contributed by atoms with E-state index in [0.717, 1.165) is 59.7 Å². The van der Waals surface area contributed by atoms with E-state index in [-0.39, 0.29) is 6.79 Å². The van der Waals surface area contributed by atoms with Crippen LogP contribution in [-0.2, 0) is 19.5 Å². The van der Waals surface area contributed by atoms with E-state index >= 15 is 0 Å². The van der Waals surface area contributed by atoms with Crippen molar-refractivity contribution in [2.24, 2.45) is 0 Å². The quantitative estimate of drug-likeness (QED) is 0.345. The number of rotatable bonds is 6. The average Bonchev–Trinajstić information content (AvgIpc) is 3.51. The maximum Gasteiger partial charge on any atom is 0.231 e. The molecule has 0 saturated carbocycles. The van der Waals surface area contributed by atoms with Crippen LogP contribution in [0.1, 0.15) is 12.0 Å². The molecule has 0 spiro atoms. The number of pyridine rings is 1. The normalized spacial score (nSPS) is 13.7. The summed E-state index contributed by atoms with van der Waals surface area (Å²) in [6.45, 7) is 2.49. The van der Waals surface area contributed by atoms with E-state index in [1.54, 1.807) is 24.4 Å². The van der Waals surface area contributed by atoms with E-state index in [4.69, 9.17) is 18.9 Å². The highest BCUT2D eigenvalue weighted by Gasteiger charge is 2.28. The van der Waals surface area contributed by atoms with E-state index in [2.05, 4.69) is 45.1 Å². The number of methoxy groups -OCH3 is 1. The lowest BCUT2D eigenvalue weighted by Gasteiger charge is -2.18. The maximum atomic E-state index is 6.22. The molecule has 0 bridgehead atoms. The van der Waals surface area contributed by atoms with Gasteiger partial charge in [0.25, 0.3) is 0 Å². The summed E-state index contributed by atoms with van der Waals surface area (Å²) in [7, 11) is 1.67. The van der Waals surface area contributed by atoms with Crippen molar-refractivity contribution in [3.05, 3.63) is 54.7 Å². The van der Waals surface area contributed by atoms with Gasteiger partial charge in [-0.25, -0.2) is 4.98 Å². The highest BCUT2D eigenvalue weighted by Crippen LogP contribution is 2.41. The minimum absolute atomic E-state index is 0.285. The third kappa shape index (κ3) is 3.19. The number of hydrogen-bond donors (Lipinski definition) is 0. The van der Waals surface area contributed by atoms with Gasteiger partial charge in [0.2, 0.25) is 12.5 Å². The fourth-order valence-corrected chi connectivity index (χ4v) is 4.46. The molecule has 0 unspecified atom stereocenters. The monoisotopic (exact) mass is 431 g/mol. The minimum Gasteiger partial charge on any atom is -0.493 e. The molecule has 0 aliphatic carbocycles. The molecule has 8 nitrogen and oxygen atoms in total. The molecule has 0 N–H and O–H groups in total. The van der Waals surface area contributed by atoms with E-state index in [1.165, 1.54) is 16.8 Å².